The molecule has 6 rings (SSSR count). The molecular formula is C31H36F2N6O6S. The van der Waals surface area contributed by atoms with Crippen molar-refractivity contribution in [2.45, 2.75) is 56.2 Å². The first-order valence-corrected chi connectivity index (χ1v) is 16.6. The zero-order valence-electron chi connectivity index (χ0n) is 25.6. The summed E-state index contributed by atoms with van der Waals surface area (Å²) in [6.07, 6.45) is 0.737. The Morgan fingerprint density at radius 1 is 1.07 bits per heavy atom. The number of anilines is 2. The van der Waals surface area contributed by atoms with E-state index < -0.39 is 44.0 Å². The van der Waals surface area contributed by atoms with Crippen LogP contribution in [0.1, 0.15) is 53.9 Å². The second kappa shape index (κ2) is 12.8. The van der Waals surface area contributed by atoms with Gasteiger partial charge in [-0.25, -0.2) is 17.2 Å². The molecule has 0 spiro atoms. The van der Waals surface area contributed by atoms with E-state index >= 15 is 0 Å². The van der Waals surface area contributed by atoms with Crippen LogP contribution in [0.25, 0.3) is 0 Å². The second-order valence-corrected chi connectivity index (χ2v) is 14.3. The van der Waals surface area contributed by atoms with E-state index in [0.717, 1.165) is 41.5 Å². The maximum absolute atomic E-state index is 14.0. The van der Waals surface area contributed by atoms with E-state index in [0.29, 0.717) is 55.8 Å². The molecule has 15 heteroatoms. The summed E-state index contributed by atoms with van der Waals surface area (Å²) in [5.41, 5.74) is 1.64. The Kier molecular flexibility index (Phi) is 8.95. The van der Waals surface area contributed by atoms with Gasteiger partial charge in [-0.15, -0.1) is 0 Å². The van der Waals surface area contributed by atoms with Crippen molar-refractivity contribution >= 4 is 33.3 Å². The van der Waals surface area contributed by atoms with Crippen molar-refractivity contribution in [2.75, 3.05) is 50.1 Å². The second-order valence-electron chi connectivity index (χ2n) is 12.4. The molecule has 0 bridgehead atoms. The Morgan fingerprint density at radius 3 is 2.50 bits per heavy atom. The number of ether oxygens (including phenoxy) is 2. The van der Waals surface area contributed by atoms with Crippen molar-refractivity contribution in [3.63, 3.8) is 0 Å². The number of fused-ring (bicyclic) bond motifs is 1. The number of nitrogens with one attached hydrogen (secondary N) is 3. The van der Waals surface area contributed by atoms with Gasteiger partial charge in [0.05, 0.1) is 29.4 Å². The summed E-state index contributed by atoms with van der Waals surface area (Å²) < 4.78 is 67.0. The van der Waals surface area contributed by atoms with Crippen LogP contribution < -0.4 is 10.6 Å². The summed E-state index contributed by atoms with van der Waals surface area (Å²) >= 11 is 0. The third kappa shape index (κ3) is 6.69. The summed E-state index contributed by atoms with van der Waals surface area (Å²) in [7, 11) is -4.31. The molecular weight excluding hydrogens is 622 g/mol. The molecule has 0 radical (unpaired) electrons. The minimum Gasteiger partial charge on any atom is -0.379 e. The van der Waals surface area contributed by atoms with Crippen molar-refractivity contribution < 1.29 is 36.3 Å². The van der Waals surface area contributed by atoms with Gasteiger partial charge in [0, 0.05) is 62.1 Å². The van der Waals surface area contributed by atoms with Gasteiger partial charge in [-0.05, 0) is 42.7 Å². The van der Waals surface area contributed by atoms with E-state index in [4.69, 9.17) is 9.47 Å². The monoisotopic (exact) mass is 658 g/mol. The number of aromatic nitrogens is 2. The third-order valence-electron chi connectivity index (χ3n) is 8.47. The number of halogens is 2. The molecule has 3 N–H and O–H groups in total. The van der Waals surface area contributed by atoms with Crippen LogP contribution in [0.3, 0.4) is 0 Å². The van der Waals surface area contributed by atoms with Gasteiger partial charge in [0.2, 0.25) is 10.0 Å². The molecule has 46 heavy (non-hydrogen) atoms. The van der Waals surface area contributed by atoms with Gasteiger partial charge in [0.25, 0.3) is 11.8 Å². The molecule has 246 valence electrons. The van der Waals surface area contributed by atoms with Crippen LogP contribution >= 0.6 is 0 Å². The van der Waals surface area contributed by atoms with Crippen molar-refractivity contribution in [1.82, 2.24) is 19.4 Å². The molecule has 0 saturated carbocycles. The first-order valence-electron chi connectivity index (χ1n) is 15.1. The van der Waals surface area contributed by atoms with Crippen LogP contribution in [0.2, 0.25) is 0 Å². The van der Waals surface area contributed by atoms with E-state index in [1.165, 1.54) is 0 Å². The fraction of sp³-hybridized carbons (Fsp3) is 0.452. The van der Waals surface area contributed by atoms with Gasteiger partial charge in [-0.3, -0.25) is 19.6 Å². The number of carbonyl (C=O) groups excluding carboxylic acids is 2. The van der Waals surface area contributed by atoms with E-state index in [9.17, 15) is 26.8 Å². The van der Waals surface area contributed by atoms with Crippen LogP contribution in [0.4, 0.5) is 20.3 Å². The lowest BCUT2D eigenvalue weighted by Crippen LogP contribution is -2.45. The predicted molar refractivity (Wildman–Crippen MR) is 164 cm³/mol. The molecule has 12 nitrogen and oxygen atoms in total. The zero-order chi connectivity index (χ0) is 32.6. The van der Waals surface area contributed by atoms with Crippen LogP contribution in [-0.4, -0.2) is 85.2 Å². The number of hydrogen-bond donors (Lipinski definition) is 3. The Bertz CT molecular complexity index is 1730. The van der Waals surface area contributed by atoms with Gasteiger partial charge in [0.1, 0.15) is 17.7 Å². The number of morpholine rings is 1. The topological polar surface area (TPSA) is 146 Å². The Hall–Kier alpha value is -3.76. The lowest BCUT2D eigenvalue weighted by atomic mass is 9.84. The molecule has 1 aromatic heterocycles. The quantitative estimate of drug-likeness (QED) is 0.334. The molecule has 2 fully saturated rings. The Balaban J connectivity index is 1.27. The predicted octanol–water partition coefficient (Wildman–Crippen LogP) is 3.37. The number of amides is 2. The summed E-state index contributed by atoms with van der Waals surface area (Å²) in [5.74, 6) is -2.83. The summed E-state index contributed by atoms with van der Waals surface area (Å²) in [6, 6.07) is 7.37. The lowest BCUT2D eigenvalue weighted by molar-refractivity contribution is -0.124. The number of H-pyrrole nitrogens is 1. The standard InChI is InChI=1S/C31H36F2N6O6S/c1-31(2)18-39(46(42,43)22-14-20(32)13-21(33)15-22)17-24-27(31)36-37-28(24)35-29(40)23-6-5-19(16-38-7-10-44-11-8-38)12-25(23)34-30(41)26-4-3-9-45-26/h5-6,12-15,26H,3-4,7-11,16-18H2,1-2H3,(H,34,41)(H2,35,36,37,40)/t26-/m0/s1. The summed E-state index contributed by atoms with van der Waals surface area (Å²) in [5, 5.41) is 12.9. The molecule has 2 saturated heterocycles. The van der Waals surface area contributed by atoms with E-state index in [1.807, 2.05) is 6.07 Å². The summed E-state index contributed by atoms with van der Waals surface area (Å²) in [6.45, 7) is 7.29. The number of rotatable bonds is 8. The number of sulfonamides is 1. The fourth-order valence-electron chi connectivity index (χ4n) is 6.11. The fourth-order valence-corrected chi connectivity index (χ4v) is 7.73. The van der Waals surface area contributed by atoms with Crippen molar-refractivity contribution in [3.8, 4) is 0 Å². The highest BCUT2D eigenvalue weighted by atomic mass is 32.2. The smallest absolute Gasteiger partial charge is 0.258 e. The van der Waals surface area contributed by atoms with E-state index in [2.05, 4.69) is 25.7 Å². The van der Waals surface area contributed by atoms with Gasteiger partial charge >= 0.3 is 0 Å². The van der Waals surface area contributed by atoms with Gasteiger partial charge < -0.3 is 20.1 Å². The van der Waals surface area contributed by atoms with Crippen LogP contribution in [0.15, 0.2) is 41.3 Å². The number of hydrogen-bond acceptors (Lipinski definition) is 8. The maximum atomic E-state index is 14.0. The Morgan fingerprint density at radius 2 is 1.80 bits per heavy atom. The van der Waals surface area contributed by atoms with Crippen molar-refractivity contribution in [2.24, 2.45) is 0 Å². The van der Waals surface area contributed by atoms with E-state index in [1.54, 1.807) is 26.0 Å². The first kappa shape index (κ1) is 32.2. The number of aromatic amines is 1. The van der Waals surface area contributed by atoms with Gasteiger partial charge in [-0.2, -0.15) is 9.40 Å². The highest BCUT2D eigenvalue weighted by molar-refractivity contribution is 7.89. The van der Waals surface area contributed by atoms with Crippen LogP contribution in [0.5, 0.6) is 0 Å². The SMILES string of the molecule is CC1(C)CN(S(=O)(=O)c2cc(F)cc(F)c2)Cc2c(NC(=O)c3ccc(CN4CCOCC4)cc3NC(=O)[C@@H]3CCCO3)n[nH]c21. The highest BCUT2D eigenvalue weighted by Crippen LogP contribution is 2.38. The van der Waals surface area contributed by atoms with Gasteiger partial charge in [-0.1, -0.05) is 19.9 Å². The molecule has 0 aliphatic carbocycles. The summed E-state index contributed by atoms with van der Waals surface area (Å²) in [4.78, 5) is 28.5. The normalized spacial score (nSPS) is 20.3. The zero-order valence-corrected chi connectivity index (χ0v) is 26.4. The van der Waals surface area contributed by atoms with Gasteiger partial charge in [0.15, 0.2) is 5.82 Å². The molecule has 1 atom stereocenters. The average molecular weight is 659 g/mol. The number of nitrogens with zero attached hydrogens (tertiary/aromatic N) is 3. The number of benzene rings is 2. The maximum Gasteiger partial charge on any atom is 0.258 e. The average Bonchev–Trinajstić information content (AvgIpc) is 3.69. The van der Waals surface area contributed by atoms with E-state index in [-0.39, 0.29) is 30.4 Å². The number of carbonyl (C=O) groups is 2. The molecule has 0 unspecified atom stereocenters. The van der Waals surface area contributed by atoms with Crippen molar-refractivity contribution in [3.05, 3.63) is 70.4 Å². The Labute approximate surface area is 265 Å². The van der Waals surface area contributed by atoms with Crippen molar-refractivity contribution in [1.29, 1.82) is 0 Å². The lowest BCUT2D eigenvalue weighted by Gasteiger charge is -2.36. The molecule has 3 aliphatic heterocycles. The minimum atomic E-state index is -4.31. The molecule has 2 amide bonds. The minimum absolute atomic E-state index is 0.0000672. The largest absolute Gasteiger partial charge is 0.379 e. The first-order chi connectivity index (χ1) is 21.9. The molecule has 4 heterocycles. The molecule has 3 aromatic rings. The molecule has 2 aromatic carbocycles. The third-order valence-corrected chi connectivity index (χ3v) is 10.2. The molecule has 3 aliphatic rings. The van der Waals surface area contributed by atoms with Crippen LogP contribution in [-0.2, 0) is 42.8 Å². The highest BCUT2D eigenvalue weighted by Gasteiger charge is 2.41. The van der Waals surface area contributed by atoms with Crippen LogP contribution in [0, 0.1) is 11.6 Å².